The summed E-state index contributed by atoms with van der Waals surface area (Å²) < 4.78 is 16.5. The van der Waals surface area contributed by atoms with Gasteiger partial charge in [0.05, 0.1) is 20.1 Å². The summed E-state index contributed by atoms with van der Waals surface area (Å²) in [5.74, 6) is 2.28. The Morgan fingerprint density at radius 1 is 1.27 bits per heavy atom. The molecule has 1 aromatic rings. The molecule has 3 aliphatic rings. The van der Waals surface area contributed by atoms with Crippen LogP contribution in [-0.2, 0) is 16.0 Å². The highest BCUT2D eigenvalue weighted by Crippen LogP contribution is 2.56. The zero-order valence-electron chi connectivity index (χ0n) is 18.5. The third-order valence-corrected chi connectivity index (χ3v) is 7.72. The van der Waals surface area contributed by atoms with E-state index in [0.717, 1.165) is 43.7 Å². The second-order valence-corrected chi connectivity index (χ2v) is 9.55. The maximum atomic E-state index is 12.6. The molecule has 3 fully saturated rings. The highest BCUT2D eigenvalue weighted by Gasteiger charge is 2.54. The number of benzene rings is 1. The van der Waals surface area contributed by atoms with Crippen molar-refractivity contribution in [1.29, 1.82) is 0 Å². The molecule has 1 N–H and O–H groups in total. The molecule has 5 nitrogen and oxygen atoms in total. The lowest BCUT2D eigenvalue weighted by molar-refractivity contribution is -0.146. The lowest BCUT2D eigenvalue weighted by Gasteiger charge is -2.50. The van der Waals surface area contributed by atoms with Crippen molar-refractivity contribution < 1.29 is 19.0 Å². The summed E-state index contributed by atoms with van der Waals surface area (Å²) in [5.41, 5.74) is 2.83. The standard InChI is InChI=1S/C25H35NO4/c1-16-6-5-10-25(2)14-23-18(13-20(16)25)19(24(27)30-23)15-26-11-9-17-7-8-21(28-3)22(12-17)29-4/h7-8,12,18-20,23,26H,1,5-6,9-11,13-15H2,2-4H3/t18-,19-,20-,23+,25-/m0/s1. The number of esters is 1. The van der Waals surface area contributed by atoms with E-state index in [1.807, 2.05) is 12.1 Å². The van der Waals surface area contributed by atoms with Gasteiger partial charge in [0.1, 0.15) is 6.10 Å². The van der Waals surface area contributed by atoms with Gasteiger partial charge in [-0.05, 0) is 74.1 Å². The first-order chi connectivity index (χ1) is 14.4. The predicted octanol–water partition coefficient (Wildman–Crippen LogP) is 4.15. The fourth-order valence-electron chi connectivity index (χ4n) is 6.02. The van der Waals surface area contributed by atoms with E-state index in [4.69, 9.17) is 14.2 Å². The topological polar surface area (TPSA) is 56.8 Å². The number of hydrogen-bond donors (Lipinski definition) is 1. The average Bonchev–Trinajstić information content (AvgIpc) is 3.03. The van der Waals surface area contributed by atoms with Gasteiger partial charge in [-0.1, -0.05) is 25.1 Å². The minimum absolute atomic E-state index is 0.0172. The van der Waals surface area contributed by atoms with E-state index in [9.17, 15) is 4.79 Å². The number of allylic oxidation sites excluding steroid dienone is 1. The molecule has 0 amide bonds. The van der Waals surface area contributed by atoms with Gasteiger partial charge in [0.15, 0.2) is 11.5 Å². The number of methoxy groups -OCH3 is 2. The number of carbonyl (C=O) groups excluding carboxylic acids is 1. The molecular formula is C25H35NO4. The molecule has 0 spiro atoms. The smallest absolute Gasteiger partial charge is 0.310 e. The van der Waals surface area contributed by atoms with Crippen molar-refractivity contribution in [2.45, 2.75) is 51.6 Å². The molecule has 0 aromatic heterocycles. The van der Waals surface area contributed by atoms with Crippen LogP contribution in [0.15, 0.2) is 30.4 Å². The fourth-order valence-corrected chi connectivity index (χ4v) is 6.02. The van der Waals surface area contributed by atoms with Gasteiger partial charge in [-0.2, -0.15) is 0 Å². The molecular weight excluding hydrogens is 378 g/mol. The minimum atomic E-state index is -0.0420. The minimum Gasteiger partial charge on any atom is -0.493 e. The maximum Gasteiger partial charge on any atom is 0.310 e. The molecule has 1 saturated heterocycles. The molecule has 2 saturated carbocycles. The summed E-state index contributed by atoms with van der Waals surface area (Å²) in [6, 6.07) is 6.00. The van der Waals surface area contributed by atoms with Crippen molar-refractivity contribution in [3.63, 3.8) is 0 Å². The van der Waals surface area contributed by atoms with Crippen LogP contribution in [0.5, 0.6) is 11.5 Å². The normalized spacial score (nSPS) is 32.9. The summed E-state index contributed by atoms with van der Waals surface area (Å²) >= 11 is 0. The molecule has 5 heteroatoms. The number of nitrogens with one attached hydrogen (secondary N) is 1. The molecule has 1 heterocycles. The number of rotatable bonds is 7. The van der Waals surface area contributed by atoms with E-state index in [1.54, 1.807) is 14.2 Å². The number of hydrogen-bond acceptors (Lipinski definition) is 5. The van der Waals surface area contributed by atoms with Crippen LogP contribution in [0.25, 0.3) is 0 Å². The SMILES string of the molecule is C=C1CCC[C@@]2(C)C[C@H]3OC(=O)[C@@H](CNCCc4ccc(OC)c(OC)c4)[C@@H]3C[C@@H]12. The van der Waals surface area contributed by atoms with Gasteiger partial charge < -0.3 is 19.5 Å². The Hall–Kier alpha value is -2.01. The molecule has 5 atom stereocenters. The third kappa shape index (κ3) is 3.96. The second kappa shape index (κ2) is 8.62. The van der Waals surface area contributed by atoms with E-state index in [2.05, 4.69) is 24.9 Å². The van der Waals surface area contributed by atoms with Crippen LogP contribution in [0.3, 0.4) is 0 Å². The van der Waals surface area contributed by atoms with Crippen molar-refractivity contribution in [2.75, 3.05) is 27.3 Å². The number of carbonyl (C=O) groups is 1. The Labute approximate surface area is 180 Å². The highest BCUT2D eigenvalue weighted by molar-refractivity contribution is 5.75. The van der Waals surface area contributed by atoms with Gasteiger partial charge in [-0.15, -0.1) is 0 Å². The van der Waals surface area contributed by atoms with E-state index in [0.29, 0.717) is 18.4 Å². The summed E-state index contributed by atoms with van der Waals surface area (Å²) in [6.07, 6.45) is 6.59. The molecule has 0 radical (unpaired) electrons. The third-order valence-electron chi connectivity index (χ3n) is 7.72. The lowest BCUT2D eigenvalue weighted by atomic mass is 9.55. The highest BCUT2D eigenvalue weighted by atomic mass is 16.6. The van der Waals surface area contributed by atoms with E-state index in [1.165, 1.54) is 24.0 Å². The van der Waals surface area contributed by atoms with E-state index >= 15 is 0 Å². The van der Waals surface area contributed by atoms with Crippen LogP contribution in [-0.4, -0.2) is 39.4 Å². The van der Waals surface area contributed by atoms with Crippen molar-refractivity contribution >= 4 is 5.97 Å². The van der Waals surface area contributed by atoms with Gasteiger partial charge in [0, 0.05) is 12.5 Å². The van der Waals surface area contributed by atoms with Crippen molar-refractivity contribution in [1.82, 2.24) is 5.32 Å². The zero-order valence-corrected chi connectivity index (χ0v) is 18.5. The Balaban J connectivity index is 1.33. The first kappa shape index (κ1) is 21.2. The largest absolute Gasteiger partial charge is 0.493 e. The molecule has 0 unspecified atom stereocenters. The Morgan fingerprint density at radius 2 is 2.07 bits per heavy atom. The van der Waals surface area contributed by atoms with Crippen molar-refractivity contribution in [3.05, 3.63) is 35.9 Å². The van der Waals surface area contributed by atoms with Crippen molar-refractivity contribution in [2.24, 2.45) is 23.2 Å². The summed E-state index contributed by atoms with van der Waals surface area (Å²) in [7, 11) is 3.29. The molecule has 1 aliphatic heterocycles. The molecule has 0 bridgehead atoms. The van der Waals surface area contributed by atoms with Crippen LogP contribution in [0.4, 0.5) is 0 Å². The second-order valence-electron chi connectivity index (χ2n) is 9.55. The lowest BCUT2D eigenvalue weighted by Crippen LogP contribution is -2.45. The van der Waals surface area contributed by atoms with E-state index in [-0.39, 0.29) is 23.4 Å². The number of fused-ring (bicyclic) bond motifs is 2. The van der Waals surface area contributed by atoms with Gasteiger partial charge in [-0.25, -0.2) is 0 Å². The fraction of sp³-hybridized carbons (Fsp3) is 0.640. The van der Waals surface area contributed by atoms with Crippen LogP contribution in [0, 0.1) is 23.2 Å². The van der Waals surface area contributed by atoms with Crippen LogP contribution < -0.4 is 14.8 Å². The maximum absolute atomic E-state index is 12.6. The Bertz CT molecular complexity index is 806. The van der Waals surface area contributed by atoms with Gasteiger partial charge in [0.25, 0.3) is 0 Å². The summed E-state index contributed by atoms with van der Waals surface area (Å²) in [4.78, 5) is 12.6. The molecule has 2 aliphatic carbocycles. The molecule has 4 rings (SSSR count). The summed E-state index contributed by atoms with van der Waals surface area (Å²) in [5, 5.41) is 3.50. The van der Waals surface area contributed by atoms with E-state index < -0.39 is 0 Å². The van der Waals surface area contributed by atoms with Crippen LogP contribution in [0.2, 0.25) is 0 Å². The first-order valence-electron chi connectivity index (χ1n) is 11.2. The quantitative estimate of drug-likeness (QED) is 0.413. The number of ether oxygens (including phenoxy) is 3. The van der Waals surface area contributed by atoms with Crippen molar-refractivity contribution in [3.8, 4) is 11.5 Å². The Morgan fingerprint density at radius 3 is 2.83 bits per heavy atom. The van der Waals surface area contributed by atoms with Gasteiger partial charge in [0.2, 0.25) is 0 Å². The first-order valence-corrected chi connectivity index (χ1v) is 11.2. The Kier molecular flexibility index (Phi) is 6.10. The average molecular weight is 414 g/mol. The van der Waals surface area contributed by atoms with Crippen LogP contribution in [0.1, 0.15) is 44.6 Å². The molecule has 164 valence electrons. The van der Waals surface area contributed by atoms with Gasteiger partial charge >= 0.3 is 5.97 Å². The zero-order chi connectivity index (χ0) is 21.3. The van der Waals surface area contributed by atoms with Gasteiger partial charge in [-0.3, -0.25) is 4.79 Å². The molecule has 1 aromatic carbocycles. The predicted molar refractivity (Wildman–Crippen MR) is 117 cm³/mol. The molecule has 30 heavy (non-hydrogen) atoms. The monoisotopic (exact) mass is 413 g/mol. The summed E-state index contributed by atoms with van der Waals surface area (Å²) in [6.45, 7) is 8.25. The van der Waals surface area contributed by atoms with Crippen LogP contribution >= 0.6 is 0 Å².